The van der Waals surface area contributed by atoms with Gasteiger partial charge in [-0.25, -0.2) is 4.21 Å². The van der Waals surface area contributed by atoms with Crippen molar-refractivity contribution < 1.29 is 21.4 Å². The minimum Gasteiger partial charge on any atom is -0.306 e. The molecule has 0 aliphatic rings. The molecule has 0 saturated heterocycles. The predicted molar refractivity (Wildman–Crippen MR) is 69.0 cm³/mol. The van der Waals surface area contributed by atoms with Crippen LogP contribution >= 0.6 is 0 Å². The molecule has 1 aromatic carbocycles. The van der Waals surface area contributed by atoms with Gasteiger partial charge in [-0.1, -0.05) is 25.5 Å². The first-order chi connectivity index (χ1) is 8.45. The lowest BCUT2D eigenvalue weighted by Gasteiger charge is -2.05. The second kappa shape index (κ2) is 6.98. The summed E-state index contributed by atoms with van der Waals surface area (Å²) in [6, 6.07) is 5.77. The molecule has 1 rings (SSSR count). The minimum absolute atomic E-state index is 0.0168. The molecule has 0 amide bonds. The highest BCUT2D eigenvalue weighted by atomic mass is 32.2. The summed E-state index contributed by atoms with van der Waals surface area (Å²) in [7, 11) is -3.72. The van der Waals surface area contributed by atoms with Crippen LogP contribution in [-0.4, -0.2) is 23.8 Å². The third-order valence-electron chi connectivity index (χ3n) is 2.24. The van der Waals surface area contributed by atoms with E-state index in [2.05, 4.69) is 0 Å². The second-order valence-electron chi connectivity index (χ2n) is 3.74. The monoisotopic (exact) mass is 292 g/mol. The van der Waals surface area contributed by atoms with Gasteiger partial charge in [-0.3, -0.25) is 4.18 Å². The van der Waals surface area contributed by atoms with Gasteiger partial charge in [-0.05, 0) is 24.1 Å². The van der Waals surface area contributed by atoms with Crippen LogP contribution in [-0.2, 0) is 31.1 Å². The molecule has 7 heteroatoms. The largest absolute Gasteiger partial charge is 0.306 e. The standard InChI is InChI=1S/C11H16O5S2/c1-2-3-8-16-18(14,15)11-6-4-10(5-7-11)9-17(12)13/h4-7H,2-3,8-9H2,1H3,(H,12,13). The van der Waals surface area contributed by atoms with Gasteiger partial charge in [0.05, 0.1) is 17.3 Å². The topological polar surface area (TPSA) is 80.7 Å². The summed E-state index contributed by atoms with van der Waals surface area (Å²) < 4.78 is 47.6. The zero-order valence-electron chi connectivity index (χ0n) is 10.0. The van der Waals surface area contributed by atoms with Crippen molar-refractivity contribution in [3.63, 3.8) is 0 Å². The van der Waals surface area contributed by atoms with Gasteiger partial charge in [0.25, 0.3) is 10.1 Å². The molecule has 0 aliphatic carbocycles. The molecule has 0 aliphatic heterocycles. The lowest BCUT2D eigenvalue weighted by molar-refractivity contribution is 0.311. The maximum absolute atomic E-state index is 11.7. The SMILES string of the molecule is CCCCOS(=O)(=O)c1ccc(CS(=O)O)cc1. The van der Waals surface area contributed by atoms with Crippen LogP contribution in [0.15, 0.2) is 29.2 Å². The summed E-state index contributed by atoms with van der Waals surface area (Å²) in [6.07, 6.45) is 1.54. The van der Waals surface area contributed by atoms with Crippen molar-refractivity contribution in [3.05, 3.63) is 29.8 Å². The molecule has 0 fully saturated rings. The average Bonchev–Trinajstić information content (AvgIpc) is 2.29. The fraction of sp³-hybridized carbons (Fsp3) is 0.455. The molecule has 1 atom stereocenters. The van der Waals surface area contributed by atoms with Gasteiger partial charge in [0.2, 0.25) is 0 Å². The molecule has 1 aromatic rings. The lowest BCUT2D eigenvalue weighted by Crippen LogP contribution is -2.07. The van der Waals surface area contributed by atoms with Crippen LogP contribution in [0.2, 0.25) is 0 Å². The van der Waals surface area contributed by atoms with Crippen molar-refractivity contribution in [2.24, 2.45) is 0 Å². The molecule has 0 radical (unpaired) electrons. The summed E-state index contributed by atoms with van der Waals surface area (Å²) in [5.74, 6) is -0.0168. The van der Waals surface area contributed by atoms with Gasteiger partial charge in [-0.15, -0.1) is 0 Å². The van der Waals surface area contributed by atoms with Gasteiger partial charge in [-0.2, -0.15) is 8.42 Å². The van der Waals surface area contributed by atoms with E-state index in [-0.39, 0.29) is 17.3 Å². The smallest absolute Gasteiger partial charge is 0.296 e. The predicted octanol–water partition coefficient (Wildman–Crippen LogP) is 1.91. The molecule has 1 N–H and O–H groups in total. The number of hydrogen-bond acceptors (Lipinski definition) is 4. The highest BCUT2D eigenvalue weighted by molar-refractivity contribution is 7.86. The molecule has 0 saturated carbocycles. The van der Waals surface area contributed by atoms with E-state index in [0.717, 1.165) is 6.42 Å². The third kappa shape index (κ3) is 4.85. The minimum atomic E-state index is -3.72. The second-order valence-corrected chi connectivity index (χ2v) is 6.29. The highest BCUT2D eigenvalue weighted by Crippen LogP contribution is 2.14. The molecule has 0 spiro atoms. The first-order valence-electron chi connectivity index (χ1n) is 5.51. The molecule has 0 bridgehead atoms. The first-order valence-corrected chi connectivity index (χ1v) is 8.20. The quantitative estimate of drug-likeness (QED) is 0.472. The van der Waals surface area contributed by atoms with E-state index in [1.165, 1.54) is 24.3 Å². The Morgan fingerprint density at radius 3 is 2.39 bits per heavy atom. The van der Waals surface area contributed by atoms with Crippen LogP contribution in [0, 0.1) is 0 Å². The van der Waals surface area contributed by atoms with E-state index in [1.807, 2.05) is 6.92 Å². The van der Waals surface area contributed by atoms with Gasteiger partial charge >= 0.3 is 0 Å². The van der Waals surface area contributed by atoms with Crippen molar-refractivity contribution in [2.75, 3.05) is 6.61 Å². The van der Waals surface area contributed by atoms with Crippen molar-refractivity contribution in [1.29, 1.82) is 0 Å². The van der Waals surface area contributed by atoms with E-state index in [9.17, 15) is 12.6 Å². The summed E-state index contributed by atoms with van der Waals surface area (Å²) in [4.78, 5) is 0.0612. The van der Waals surface area contributed by atoms with E-state index in [0.29, 0.717) is 12.0 Å². The van der Waals surface area contributed by atoms with Crippen molar-refractivity contribution >= 4 is 21.2 Å². The van der Waals surface area contributed by atoms with Crippen LogP contribution in [0.25, 0.3) is 0 Å². The zero-order valence-corrected chi connectivity index (χ0v) is 11.7. The number of benzene rings is 1. The molecular formula is C11H16O5S2. The van der Waals surface area contributed by atoms with Crippen molar-refractivity contribution in [3.8, 4) is 0 Å². The third-order valence-corrected chi connectivity index (χ3v) is 4.15. The zero-order chi connectivity index (χ0) is 13.6. The van der Waals surface area contributed by atoms with Crippen molar-refractivity contribution in [2.45, 2.75) is 30.4 Å². The summed E-state index contributed by atoms with van der Waals surface area (Å²) in [5, 5.41) is 0. The number of unbranched alkanes of at least 4 members (excludes halogenated alkanes) is 1. The van der Waals surface area contributed by atoms with Crippen molar-refractivity contribution in [1.82, 2.24) is 0 Å². The highest BCUT2D eigenvalue weighted by Gasteiger charge is 2.14. The van der Waals surface area contributed by atoms with E-state index >= 15 is 0 Å². The molecule has 0 aromatic heterocycles. The van der Waals surface area contributed by atoms with E-state index in [1.54, 1.807) is 0 Å². The molecular weight excluding hydrogens is 276 g/mol. The molecule has 0 heterocycles. The van der Waals surface area contributed by atoms with Crippen LogP contribution in [0.1, 0.15) is 25.3 Å². The number of hydrogen-bond donors (Lipinski definition) is 1. The fourth-order valence-corrected chi connectivity index (χ4v) is 2.70. The summed E-state index contributed by atoms with van der Waals surface area (Å²) >= 11 is -1.93. The van der Waals surface area contributed by atoms with Crippen LogP contribution in [0.5, 0.6) is 0 Å². The van der Waals surface area contributed by atoms with E-state index < -0.39 is 21.2 Å². The average molecular weight is 292 g/mol. The maximum atomic E-state index is 11.7. The van der Waals surface area contributed by atoms with Crippen LogP contribution in [0.4, 0.5) is 0 Å². The van der Waals surface area contributed by atoms with Gasteiger partial charge in [0, 0.05) is 0 Å². The molecule has 18 heavy (non-hydrogen) atoms. The van der Waals surface area contributed by atoms with Crippen LogP contribution < -0.4 is 0 Å². The fourth-order valence-electron chi connectivity index (χ4n) is 1.28. The van der Waals surface area contributed by atoms with Gasteiger partial charge in [0.15, 0.2) is 11.1 Å². The Morgan fingerprint density at radius 2 is 1.89 bits per heavy atom. The molecule has 5 nitrogen and oxygen atoms in total. The van der Waals surface area contributed by atoms with Crippen LogP contribution in [0.3, 0.4) is 0 Å². The Kier molecular flexibility index (Phi) is 5.94. The number of rotatable bonds is 7. The Bertz CT molecular complexity index is 493. The maximum Gasteiger partial charge on any atom is 0.296 e. The summed E-state index contributed by atoms with van der Waals surface area (Å²) in [5.41, 5.74) is 0.600. The molecule has 102 valence electrons. The normalized spacial score (nSPS) is 13.4. The lowest BCUT2D eigenvalue weighted by atomic mass is 10.2. The summed E-state index contributed by atoms with van der Waals surface area (Å²) in [6.45, 7) is 2.11. The Hall–Kier alpha value is -0.760. The Morgan fingerprint density at radius 1 is 1.28 bits per heavy atom. The van der Waals surface area contributed by atoms with Gasteiger partial charge in [0.1, 0.15) is 0 Å². The Balaban J connectivity index is 2.74. The van der Waals surface area contributed by atoms with E-state index in [4.69, 9.17) is 8.74 Å². The first kappa shape index (κ1) is 15.3. The Labute approximate surface area is 110 Å². The van der Waals surface area contributed by atoms with Gasteiger partial charge < -0.3 is 4.55 Å². The molecule has 1 unspecified atom stereocenters.